The zero-order chi connectivity index (χ0) is 22.2. The van der Waals surface area contributed by atoms with E-state index in [4.69, 9.17) is 14.2 Å². The van der Waals surface area contributed by atoms with E-state index in [0.717, 1.165) is 5.56 Å². The van der Waals surface area contributed by atoms with Crippen molar-refractivity contribution in [2.45, 2.75) is 27.0 Å². The van der Waals surface area contributed by atoms with Crippen LogP contribution >= 0.6 is 0 Å². The average molecular weight is 433 g/mol. The van der Waals surface area contributed by atoms with Gasteiger partial charge in [-0.15, -0.1) is 0 Å². The normalized spacial score (nSPS) is 12.8. The standard InChI is InChI=1S/C23H25F2NO5/c1-3-26(15-17-6-8-18-20(14-17)30-12-11-29-18)22(27)10-7-16-5-9-19(31-23(24)25)21(13-16)28-4-2/h5-10,13-14,23H,3-4,11-12,15H2,1-2H3/b10-7+. The van der Waals surface area contributed by atoms with E-state index in [2.05, 4.69) is 4.74 Å². The molecule has 1 aliphatic rings. The minimum Gasteiger partial charge on any atom is -0.490 e. The average Bonchev–Trinajstić information content (AvgIpc) is 2.77. The highest BCUT2D eigenvalue weighted by molar-refractivity contribution is 5.91. The number of nitrogens with zero attached hydrogens (tertiary/aromatic N) is 1. The number of alkyl halides is 2. The minimum absolute atomic E-state index is 0.0471. The summed E-state index contributed by atoms with van der Waals surface area (Å²) in [6.45, 7) is 2.95. The summed E-state index contributed by atoms with van der Waals surface area (Å²) in [5.41, 5.74) is 1.56. The van der Waals surface area contributed by atoms with Gasteiger partial charge < -0.3 is 23.8 Å². The van der Waals surface area contributed by atoms with Crippen molar-refractivity contribution in [1.82, 2.24) is 4.90 Å². The summed E-state index contributed by atoms with van der Waals surface area (Å²) < 4.78 is 46.0. The molecule has 0 N–H and O–H groups in total. The molecule has 6 nitrogen and oxygen atoms in total. The second-order valence-electron chi connectivity index (χ2n) is 6.68. The molecule has 0 fully saturated rings. The molecule has 0 atom stereocenters. The van der Waals surface area contributed by atoms with Crippen LogP contribution < -0.4 is 18.9 Å². The van der Waals surface area contributed by atoms with Gasteiger partial charge in [0.15, 0.2) is 23.0 Å². The second-order valence-corrected chi connectivity index (χ2v) is 6.68. The Balaban J connectivity index is 1.69. The van der Waals surface area contributed by atoms with E-state index in [0.29, 0.717) is 50.0 Å². The quantitative estimate of drug-likeness (QED) is 0.545. The number of benzene rings is 2. The molecule has 166 valence electrons. The number of likely N-dealkylation sites (N-methyl/N-ethyl adjacent to an activating group) is 1. The van der Waals surface area contributed by atoms with Crippen LogP contribution in [0.3, 0.4) is 0 Å². The number of amides is 1. The van der Waals surface area contributed by atoms with E-state index in [-0.39, 0.29) is 17.4 Å². The maximum absolute atomic E-state index is 12.7. The van der Waals surface area contributed by atoms with Crippen molar-refractivity contribution in [2.75, 3.05) is 26.4 Å². The SMILES string of the molecule is CCOc1cc(/C=C/C(=O)N(CC)Cc2ccc3c(c2)OCCO3)ccc1OC(F)F. The van der Waals surface area contributed by atoms with Gasteiger partial charge in [0, 0.05) is 19.2 Å². The van der Waals surface area contributed by atoms with Crippen LogP contribution in [0, 0.1) is 0 Å². The predicted molar refractivity (Wildman–Crippen MR) is 112 cm³/mol. The Bertz CT molecular complexity index is 932. The molecule has 1 amide bonds. The monoisotopic (exact) mass is 433 g/mol. The van der Waals surface area contributed by atoms with Crippen LogP contribution in [0.4, 0.5) is 8.78 Å². The van der Waals surface area contributed by atoms with Gasteiger partial charge in [-0.05, 0) is 55.3 Å². The lowest BCUT2D eigenvalue weighted by Gasteiger charge is -2.22. The third-order valence-corrected chi connectivity index (χ3v) is 4.58. The molecule has 1 aliphatic heterocycles. The lowest BCUT2D eigenvalue weighted by molar-refractivity contribution is -0.126. The van der Waals surface area contributed by atoms with Gasteiger partial charge in [-0.25, -0.2) is 0 Å². The minimum atomic E-state index is -2.94. The molecule has 0 saturated heterocycles. The van der Waals surface area contributed by atoms with Gasteiger partial charge in [0.2, 0.25) is 5.91 Å². The molecule has 0 aromatic heterocycles. The number of fused-ring (bicyclic) bond motifs is 1. The van der Waals surface area contributed by atoms with Gasteiger partial charge in [-0.2, -0.15) is 8.78 Å². The van der Waals surface area contributed by atoms with Crippen LogP contribution in [-0.4, -0.2) is 43.8 Å². The zero-order valence-electron chi connectivity index (χ0n) is 17.5. The Morgan fingerprint density at radius 2 is 1.87 bits per heavy atom. The van der Waals surface area contributed by atoms with Crippen molar-refractivity contribution in [3.8, 4) is 23.0 Å². The van der Waals surface area contributed by atoms with Crippen LogP contribution in [0.15, 0.2) is 42.5 Å². The first-order valence-electron chi connectivity index (χ1n) is 10.1. The van der Waals surface area contributed by atoms with E-state index in [9.17, 15) is 13.6 Å². The summed E-state index contributed by atoms with van der Waals surface area (Å²) >= 11 is 0. The van der Waals surface area contributed by atoms with Crippen molar-refractivity contribution in [3.05, 3.63) is 53.6 Å². The molecular formula is C23H25F2NO5. The van der Waals surface area contributed by atoms with Gasteiger partial charge in [-0.1, -0.05) is 12.1 Å². The topological polar surface area (TPSA) is 57.2 Å². The van der Waals surface area contributed by atoms with Gasteiger partial charge in [0.1, 0.15) is 13.2 Å². The van der Waals surface area contributed by atoms with Crippen LogP contribution in [0.2, 0.25) is 0 Å². The Morgan fingerprint density at radius 3 is 2.58 bits per heavy atom. The predicted octanol–water partition coefficient (Wildman–Crippen LogP) is 4.52. The number of hydrogen-bond acceptors (Lipinski definition) is 5. The fourth-order valence-electron chi connectivity index (χ4n) is 3.11. The summed E-state index contributed by atoms with van der Waals surface area (Å²) in [6, 6.07) is 10.2. The van der Waals surface area contributed by atoms with E-state index in [1.165, 1.54) is 12.1 Å². The first kappa shape index (κ1) is 22.4. The van der Waals surface area contributed by atoms with Gasteiger partial charge in [0.05, 0.1) is 6.61 Å². The third kappa shape index (κ3) is 6.10. The second kappa shape index (κ2) is 10.7. The number of rotatable bonds is 9. The zero-order valence-corrected chi connectivity index (χ0v) is 17.5. The Hall–Kier alpha value is -3.29. The van der Waals surface area contributed by atoms with E-state index in [1.807, 2.05) is 25.1 Å². The van der Waals surface area contributed by atoms with E-state index < -0.39 is 6.61 Å². The molecule has 3 rings (SSSR count). The lowest BCUT2D eigenvalue weighted by atomic mass is 10.1. The molecular weight excluding hydrogens is 408 g/mol. The van der Waals surface area contributed by atoms with E-state index in [1.54, 1.807) is 30.0 Å². The van der Waals surface area contributed by atoms with Crippen molar-refractivity contribution >= 4 is 12.0 Å². The molecule has 1 heterocycles. The fourth-order valence-corrected chi connectivity index (χ4v) is 3.11. The van der Waals surface area contributed by atoms with Crippen molar-refractivity contribution in [2.24, 2.45) is 0 Å². The van der Waals surface area contributed by atoms with Gasteiger partial charge >= 0.3 is 6.61 Å². The fraction of sp³-hybridized carbons (Fsp3) is 0.348. The molecule has 0 saturated carbocycles. The maximum atomic E-state index is 12.7. The van der Waals surface area contributed by atoms with Gasteiger partial charge in [0.25, 0.3) is 0 Å². The Labute approximate surface area is 180 Å². The van der Waals surface area contributed by atoms with Crippen LogP contribution in [0.5, 0.6) is 23.0 Å². The van der Waals surface area contributed by atoms with Crippen LogP contribution in [0.25, 0.3) is 6.08 Å². The Morgan fingerprint density at radius 1 is 1.10 bits per heavy atom. The maximum Gasteiger partial charge on any atom is 0.387 e. The summed E-state index contributed by atoms with van der Waals surface area (Å²) in [6.07, 6.45) is 3.06. The number of carbonyl (C=O) groups excluding carboxylic acids is 1. The number of hydrogen-bond donors (Lipinski definition) is 0. The molecule has 0 unspecified atom stereocenters. The largest absolute Gasteiger partial charge is 0.490 e. The number of ether oxygens (including phenoxy) is 4. The summed E-state index contributed by atoms with van der Waals surface area (Å²) in [5.74, 6) is 1.35. The van der Waals surface area contributed by atoms with Gasteiger partial charge in [-0.3, -0.25) is 4.79 Å². The van der Waals surface area contributed by atoms with Crippen LogP contribution in [-0.2, 0) is 11.3 Å². The molecule has 0 spiro atoms. The molecule has 2 aromatic rings. The van der Waals surface area contributed by atoms with Crippen molar-refractivity contribution in [1.29, 1.82) is 0 Å². The van der Waals surface area contributed by atoms with Crippen molar-refractivity contribution < 1.29 is 32.5 Å². The Kier molecular flexibility index (Phi) is 7.70. The summed E-state index contributed by atoms with van der Waals surface area (Å²) in [4.78, 5) is 14.4. The van der Waals surface area contributed by atoms with Crippen LogP contribution in [0.1, 0.15) is 25.0 Å². The smallest absolute Gasteiger partial charge is 0.387 e. The third-order valence-electron chi connectivity index (χ3n) is 4.58. The highest BCUT2D eigenvalue weighted by atomic mass is 19.3. The number of carbonyl (C=O) groups is 1. The first-order valence-corrected chi connectivity index (χ1v) is 10.1. The molecule has 8 heteroatoms. The highest BCUT2D eigenvalue weighted by Crippen LogP contribution is 2.32. The number of halogens is 2. The van der Waals surface area contributed by atoms with E-state index >= 15 is 0 Å². The molecule has 31 heavy (non-hydrogen) atoms. The highest BCUT2D eigenvalue weighted by Gasteiger charge is 2.15. The lowest BCUT2D eigenvalue weighted by Crippen LogP contribution is -2.28. The molecule has 2 aromatic carbocycles. The summed E-state index contributed by atoms with van der Waals surface area (Å²) in [7, 11) is 0. The molecule has 0 bridgehead atoms. The first-order chi connectivity index (χ1) is 15.0. The summed E-state index contributed by atoms with van der Waals surface area (Å²) in [5, 5.41) is 0. The molecule has 0 aliphatic carbocycles. The van der Waals surface area contributed by atoms with Crippen molar-refractivity contribution in [3.63, 3.8) is 0 Å². The molecule has 0 radical (unpaired) electrons.